The number of benzene rings is 3. The number of nitrogens with one attached hydrogen (secondary N) is 1. The fourth-order valence-electron chi connectivity index (χ4n) is 2.81. The van der Waals surface area contributed by atoms with Crippen LogP contribution in [0.3, 0.4) is 0 Å². The van der Waals surface area contributed by atoms with Gasteiger partial charge in [0.05, 0.1) is 0 Å². The Morgan fingerprint density at radius 2 is 1.50 bits per heavy atom. The molecule has 1 N–H and O–H groups in total. The zero-order chi connectivity index (χ0) is 20.8. The van der Waals surface area contributed by atoms with Crippen LogP contribution in [-0.2, 0) is 6.54 Å². The highest BCUT2D eigenvalue weighted by Gasteiger charge is 2.07. The number of ether oxygens (including phenoxy) is 1. The van der Waals surface area contributed by atoms with E-state index in [9.17, 15) is 4.79 Å². The van der Waals surface area contributed by atoms with Gasteiger partial charge in [0.15, 0.2) is 0 Å². The average Bonchev–Trinajstić information content (AvgIpc) is 2.80. The van der Waals surface area contributed by atoms with Crippen LogP contribution in [0.25, 0.3) is 11.1 Å². The second-order valence-corrected chi connectivity index (χ2v) is 7.47. The molecule has 148 valence electrons. The fourth-order valence-corrected chi connectivity index (χ4v) is 3.08. The molecule has 0 radical (unpaired) electrons. The third-order valence-corrected chi connectivity index (χ3v) is 4.96. The lowest BCUT2D eigenvalue weighted by Gasteiger charge is -2.07. The second kappa shape index (κ2) is 9.33. The third-order valence-electron chi connectivity index (χ3n) is 4.43. The number of para-hydroxylation sites is 1. The van der Waals surface area contributed by atoms with Crippen LogP contribution in [-0.4, -0.2) is 15.9 Å². The van der Waals surface area contributed by atoms with Crippen molar-refractivity contribution in [3.05, 3.63) is 107 Å². The van der Waals surface area contributed by atoms with Crippen LogP contribution in [0.5, 0.6) is 11.8 Å². The van der Waals surface area contributed by atoms with Gasteiger partial charge in [0.25, 0.3) is 5.91 Å². The van der Waals surface area contributed by atoms with Gasteiger partial charge in [0.1, 0.15) is 5.75 Å². The number of hydrogen-bond acceptors (Lipinski definition) is 4. The van der Waals surface area contributed by atoms with E-state index in [1.54, 1.807) is 24.5 Å². The van der Waals surface area contributed by atoms with Crippen molar-refractivity contribution in [1.82, 2.24) is 15.3 Å². The average molecular weight is 460 g/mol. The van der Waals surface area contributed by atoms with E-state index in [1.807, 2.05) is 66.7 Å². The zero-order valence-corrected chi connectivity index (χ0v) is 17.5. The van der Waals surface area contributed by atoms with Gasteiger partial charge in [-0.15, -0.1) is 0 Å². The van der Waals surface area contributed by atoms with Crippen LogP contribution < -0.4 is 10.1 Å². The SMILES string of the molecule is O=C(NCc1ccc(Br)cc1)c1ccc(-c2cnc(Oc3ccccc3)nc2)cc1. The zero-order valence-electron chi connectivity index (χ0n) is 16.0. The predicted octanol–water partition coefficient (Wildman–Crippen LogP) is 5.63. The van der Waals surface area contributed by atoms with E-state index in [0.717, 1.165) is 21.2 Å². The summed E-state index contributed by atoms with van der Waals surface area (Å²) < 4.78 is 6.62. The number of amides is 1. The minimum atomic E-state index is -0.118. The molecular formula is C24H18BrN3O2. The number of carbonyl (C=O) groups excluding carboxylic acids is 1. The smallest absolute Gasteiger partial charge is 0.321 e. The lowest BCUT2D eigenvalue weighted by Crippen LogP contribution is -2.22. The predicted molar refractivity (Wildman–Crippen MR) is 119 cm³/mol. The normalized spacial score (nSPS) is 10.4. The highest BCUT2D eigenvalue weighted by molar-refractivity contribution is 9.10. The summed E-state index contributed by atoms with van der Waals surface area (Å²) in [5.74, 6) is 0.566. The molecule has 0 spiro atoms. The monoisotopic (exact) mass is 459 g/mol. The molecule has 0 fully saturated rings. The summed E-state index contributed by atoms with van der Waals surface area (Å²) in [4.78, 5) is 20.9. The van der Waals surface area contributed by atoms with E-state index in [4.69, 9.17) is 4.74 Å². The van der Waals surface area contributed by atoms with E-state index in [0.29, 0.717) is 17.9 Å². The van der Waals surface area contributed by atoms with Gasteiger partial charge < -0.3 is 10.1 Å². The number of carbonyl (C=O) groups is 1. The lowest BCUT2D eigenvalue weighted by atomic mass is 10.1. The van der Waals surface area contributed by atoms with E-state index < -0.39 is 0 Å². The van der Waals surface area contributed by atoms with Crippen LogP contribution >= 0.6 is 15.9 Å². The lowest BCUT2D eigenvalue weighted by molar-refractivity contribution is 0.0951. The standard InChI is InChI=1S/C24H18BrN3O2/c25-21-12-6-17(7-13-21)14-26-23(29)19-10-8-18(9-11-19)20-15-27-24(28-16-20)30-22-4-2-1-3-5-22/h1-13,15-16H,14H2,(H,26,29). The van der Waals surface area contributed by atoms with Crippen molar-refractivity contribution in [2.75, 3.05) is 0 Å². The Hall–Kier alpha value is -3.51. The number of aromatic nitrogens is 2. The van der Waals surface area contributed by atoms with Crippen molar-refractivity contribution in [2.45, 2.75) is 6.54 Å². The molecule has 1 amide bonds. The topological polar surface area (TPSA) is 64.1 Å². The summed E-state index contributed by atoms with van der Waals surface area (Å²) >= 11 is 3.40. The molecule has 30 heavy (non-hydrogen) atoms. The summed E-state index contributed by atoms with van der Waals surface area (Å²) in [6.45, 7) is 0.477. The van der Waals surface area contributed by atoms with Crippen LogP contribution in [0.4, 0.5) is 0 Å². The summed E-state index contributed by atoms with van der Waals surface area (Å²) in [7, 11) is 0. The maximum Gasteiger partial charge on any atom is 0.321 e. The van der Waals surface area contributed by atoms with Crippen LogP contribution in [0.2, 0.25) is 0 Å². The van der Waals surface area contributed by atoms with Gasteiger partial charge in [-0.05, 0) is 47.5 Å². The van der Waals surface area contributed by atoms with Crippen molar-refractivity contribution in [2.24, 2.45) is 0 Å². The quantitative estimate of drug-likeness (QED) is 0.405. The largest absolute Gasteiger partial charge is 0.424 e. The maximum atomic E-state index is 12.4. The molecule has 0 saturated carbocycles. The van der Waals surface area contributed by atoms with Gasteiger partial charge >= 0.3 is 6.01 Å². The molecule has 3 aromatic carbocycles. The molecule has 1 aromatic heterocycles. The first-order valence-corrected chi connectivity index (χ1v) is 10.1. The summed E-state index contributed by atoms with van der Waals surface area (Å²) in [6.07, 6.45) is 3.40. The van der Waals surface area contributed by atoms with Gasteiger partial charge in [-0.2, -0.15) is 0 Å². The Morgan fingerprint density at radius 3 is 2.17 bits per heavy atom. The van der Waals surface area contributed by atoms with Crippen molar-refractivity contribution in [1.29, 1.82) is 0 Å². The molecule has 0 bridgehead atoms. The van der Waals surface area contributed by atoms with Gasteiger partial charge in [-0.25, -0.2) is 9.97 Å². The molecule has 6 heteroatoms. The Labute approximate surface area is 182 Å². The summed E-state index contributed by atoms with van der Waals surface area (Å²) in [6, 6.07) is 24.9. The van der Waals surface area contributed by atoms with Gasteiger partial charge in [0.2, 0.25) is 0 Å². The molecule has 4 rings (SSSR count). The number of hydrogen-bond donors (Lipinski definition) is 1. The highest BCUT2D eigenvalue weighted by Crippen LogP contribution is 2.21. The Bertz CT molecular complexity index is 1110. The van der Waals surface area contributed by atoms with Crippen molar-refractivity contribution in [3.63, 3.8) is 0 Å². The molecule has 0 aliphatic heterocycles. The molecule has 0 atom stereocenters. The first-order valence-electron chi connectivity index (χ1n) is 9.35. The molecule has 0 aliphatic rings. The van der Waals surface area contributed by atoms with E-state index in [2.05, 4.69) is 31.2 Å². The Balaban J connectivity index is 1.37. The molecule has 5 nitrogen and oxygen atoms in total. The fraction of sp³-hybridized carbons (Fsp3) is 0.0417. The summed E-state index contributed by atoms with van der Waals surface area (Å²) in [5, 5.41) is 2.93. The Morgan fingerprint density at radius 1 is 0.833 bits per heavy atom. The molecule has 1 heterocycles. The molecule has 0 unspecified atom stereocenters. The Kier molecular flexibility index (Phi) is 6.15. The van der Waals surface area contributed by atoms with Crippen molar-refractivity contribution in [3.8, 4) is 22.9 Å². The van der Waals surface area contributed by atoms with E-state index in [-0.39, 0.29) is 11.9 Å². The van der Waals surface area contributed by atoms with Gasteiger partial charge in [-0.1, -0.05) is 58.4 Å². The minimum absolute atomic E-state index is 0.118. The third kappa shape index (κ3) is 5.10. The first-order chi connectivity index (χ1) is 14.7. The molecule has 0 aliphatic carbocycles. The first kappa shape index (κ1) is 19.8. The number of halogens is 1. The van der Waals surface area contributed by atoms with Gasteiger partial charge in [-0.3, -0.25) is 4.79 Å². The van der Waals surface area contributed by atoms with E-state index in [1.165, 1.54) is 0 Å². The van der Waals surface area contributed by atoms with Gasteiger partial charge in [0, 0.05) is 34.5 Å². The van der Waals surface area contributed by atoms with Crippen LogP contribution in [0.15, 0.2) is 95.7 Å². The molecular weight excluding hydrogens is 442 g/mol. The second-order valence-electron chi connectivity index (χ2n) is 6.56. The molecule has 4 aromatic rings. The van der Waals surface area contributed by atoms with Crippen molar-refractivity contribution < 1.29 is 9.53 Å². The summed E-state index contributed by atoms with van der Waals surface area (Å²) in [5.41, 5.74) is 3.40. The number of rotatable bonds is 6. The minimum Gasteiger partial charge on any atom is -0.424 e. The maximum absolute atomic E-state index is 12.4. The van der Waals surface area contributed by atoms with E-state index >= 15 is 0 Å². The van der Waals surface area contributed by atoms with Crippen LogP contribution in [0.1, 0.15) is 15.9 Å². The molecule has 0 saturated heterocycles. The highest BCUT2D eigenvalue weighted by atomic mass is 79.9. The number of nitrogens with zero attached hydrogens (tertiary/aromatic N) is 2. The van der Waals surface area contributed by atoms with Crippen LogP contribution in [0, 0.1) is 0 Å². The van der Waals surface area contributed by atoms with Crippen molar-refractivity contribution >= 4 is 21.8 Å².